The lowest BCUT2D eigenvalue weighted by Crippen LogP contribution is -2.11. The fourth-order valence-electron chi connectivity index (χ4n) is 3.00. The molecule has 1 aliphatic carbocycles. The number of benzene rings is 1. The molecule has 4 rings (SSSR count). The number of imidazole rings is 1. The summed E-state index contributed by atoms with van der Waals surface area (Å²) in [5.41, 5.74) is 2.17. The van der Waals surface area contributed by atoms with Crippen LogP contribution in [-0.4, -0.2) is 20.5 Å². The van der Waals surface area contributed by atoms with Gasteiger partial charge in [-0.2, -0.15) is 0 Å². The number of ether oxygens (including phenoxy) is 1. The lowest BCUT2D eigenvalue weighted by atomic mass is 10.2. The molecule has 1 saturated heterocycles. The molecule has 0 N–H and O–H groups in total. The summed E-state index contributed by atoms with van der Waals surface area (Å²) in [5, 5.41) is 0. The van der Waals surface area contributed by atoms with Crippen LogP contribution in [0.5, 0.6) is 0 Å². The Morgan fingerprint density at radius 3 is 2.85 bits per heavy atom. The Kier molecular flexibility index (Phi) is 2.99. The minimum atomic E-state index is -0.556. The lowest BCUT2D eigenvalue weighted by Gasteiger charge is -2.13. The highest BCUT2D eigenvalue weighted by molar-refractivity contribution is 6.50. The Labute approximate surface area is 127 Å². The van der Waals surface area contributed by atoms with E-state index in [-0.39, 0.29) is 6.10 Å². The maximum absolute atomic E-state index is 6.19. The molecule has 1 saturated carbocycles. The van der Waals surface area contributed by atoms with Gasteiger partial charge in [0.2, 0.25) is 0 Å². The topological polar surface area (TPSA) is 27.1 Å². The first-order chi connectivity index (χ1) is 9.65. The Morgan fingerprint density at radius 2 is 2.15 bits per heavy atom. The molecule has 3 nitrogen and oxygen atoms in total. The zero-order valence-corrected chi connectivity index (χ0v) is 12.6. The first kappa shape index (κ1) is 12.9. The van der Waals surface area contributed by atoms with Gasteiger partial charge in [-0.15, -0.1) is 23.2 Å². The van der Waals surface area contributed by atoms with E-state index in [4.69, 9.17) is 32.9 Å². The first-order valence-electron chi connectivity index (χ1n) is 7.10. The average molecular weight is 311 g/mol. The molecule has 0 spiro atoms. The minimum absolute atomic E-state index is 0.112. The quantitative estimate of drug-likeness (QED) is 0.799. The Bertz CT molecular complexity index is 646. The lowest BCUT2D eigenvalue weighted by molar-refractivity contribution is 0.102. The van der Waals surface area contributed by atoms with Crippen molar-refractivity contribution in [3.63, 3.8) is 0 Å². The van der Waals surface area contributed by atoms with Crippen LogP contribution < -0.4 is 0 Å². The van der Waals surface area contributed by atoms with Crippen molar-refractivity contribution in [1.82, 2.24) is 9.55 Å². The van der Waals surface area contributed by atoms with Crippen LogP contribution in [0.3, 0.4) is 0 Å². The average Bonchev–Trinajstić information content (AvgIpc) is 2.87. The molecule has 1 aromatic carbocycles. The number of alkyl halides is 2. The molecule has 1 aliphatic heterocycles. The Morgan fingerprint density at radius 1 is 1.35 bits per heavy atom. The normalized spacial score (nSPS) is 28.1. The van der Waals surface area contributed by atoms with Crippen LogP contribution in [0, 0.1) is 5.92 Å². The van der Waals surface area contributed by atoms with Crippen LogP contribution >= 0.6 is 23.2 Å². The summed E-state index contributed by atoms with van der Waals surface area (Å²) in [7, 11) is 0. The second-order valence-corrected chi connectivity index (χ2v) is 7.28. The number of hydrogen-bond donors (Lipinski definition) is 0. The van der Waals surface area contributed by atoms with Gasteiger partial charge in [0.1, 0.15) is 16.3 Å². The highest BCUT2D eigenvalue weighted by atomic mass is 35.5. The molecule has 2 aromatic rings. The van der Waals surface area contributed by atoms with Crippen LogP contribution in [0.4, 0.5) is 0 Å². The number of halogens is 2. The molecule has 106 valence electrons. The number of fused-ring (bicyclic) bond motifs is 1. The standard InChI is InChI=1S/C15H16Cl2N2O/c16-15(17)8-10(15)9-19-12-5-2-1-4-11(12)18-14(19)13-6-3-7-20-13/h1-2,4-5,10,13H,3,6-9H2/t10-,13-/m1/s1. The summed E-state index contributed by atoms with van der Waals surface area (Å²) in [6, 6.07) is 8.21. The molecule has 1 aromatic heterocycles. The highest BCUT2D eigenvalue weighted by Crippen LogP contribution is 2.54. The Hall–Kier alpha value is -0.770. The molecule has 0 amide bonds. The van der Waals surface area contributed by atoms with E-state index in [1.54, 1.807) is 0 Å². The van der Waals surface area contributed by atoms with Crippen LogP contribution in [0.15, 0.2) is 24.3 Å². The molecule has 2 atom stereocenters. The van der Waals surface area contributed by atoms with Crippen LogP contribution in [-0.2, 0) is 11.3 Å². The SMILES string of the molecule is ClC1(Cl)C[C@@H]1Cn1c([C@H]2CCCO2)nc2ccccc21. The van der Waals surface area contributed by atoms with Crippen LogP contribution in [0.1, 0.15) is 31.2 Å². The summed E-state index contributed by atoms with van der Waals surface area (Å²) in [4.78, 5) is 4.78. The number of nitrogens with zero attached hydrogens (tertiary/aromatic N) is 2. The van der Waals surface area contributed by atoms with E-state index in [1.807, 2.05) is 18.2 Å². The van der Waals surface area contributed by atoms with Gasteiger partial charge < -0.3 is 9.30 Å². The fourth-order valence-corrected chi connectivity index (χ4v) is 3.51. The predicted molar refractivity (Wildman–Crippen MR) is 80.2 cm³/mol. The first-order valence-corrected chi connectivity index (χ1v) is 7.85. The Balaban J connectivity index is 1.76. The second kappa shape index (κ2) is 4.62. The van der Waals surface area contributed by atoms with Crippen molar-refractivity contribution in [1.29, 1.82) is 0 Å². The third-order valence-electron chi connectivity index (χ3n) is 4.26. The van der Waals surface area contributed by atoms with Crippen molar-refractivity contribution in [2.75, 3.05) is 6.61 Å². The molecule has 2 fully saturated rings. The van der Waals surface area contributed by atoms with Crippen molar-refractivity contribution >= 4 is 34.2 Å². The molecular formula is C15H16Cl2N2O. The largest absolute Gasteiger partial charge is 0.370 e. The van der Waals surface area contributed by atoms with E-state index in [9.17, 15) is 0 Å². The molecule has 20 heavy (non-hydrogen) atoms. The monoisotopic (exact) mass is 310 g/mol. The molecule has 0 radical (unpaired) electrons. The van der Waals surface area contributed by atoms with Crippen LogP contribution in [0.25, 0.3) is 11.0 Å². The smallest absolute Gasteiger partial charge is 0.139 e. The molecule has 0 unspecified atom stereocenters. The van der Waals surface area contributed by atoms with Gasteiger partial charge in [-0.25, -0.2) is 4.98 Å². The zero-order chi connectivity index (χ0) is 13.7. The van der Waals surface area contributed by atoms with E-state index >= 15 is 0 Å². The van der Waals surface area contributed by atoms with Crippen molar-refractivity contribution in [3.05, 3.63) is 30.1 Å². The number of aromatic nitrogens is 2. The zero-order valence-electron chi connectivity index (χ0n) is 11.1. The maximum Gasteiger partial charge on any atom is 0.139 e. The van der Waals surface area contributed by atoms with E-state index in [0.29, 0.717) is 5.92 Å². The van der Waals surface area contributed by atoms with Gasteiger partial charge in [-0.3, -0.25) is 0 Å². The van der Waals surface area contributed by atoms with Gasteiger partial charge in [0.05, 0.1) is 11.0 Å². The fraction of sp³-hybridized carbons (Fsp3) is 0.533. The summed E-state index contributed by atoms with van der Waals surface area (Å²) in [6.45, 7) is 1.65. The van der Waals surface area contributed by atoms with Crippen LogP contribution in [0.2, 0.25) is 0 Å². The third-order valence-corrected chi connectivity index (χ3v) is 5.19. The predicted octanol–water partition coefficient (Wildman–Crippen LogP) is 4.08. The molecular weight excluding hydrogens is 295 g/mol. The van der Waals surface area contributed by atoms with Crippen molar-refractivity contribution < 1.29 is 4.74 Å². The number of para-hydroxylation sites is 2. The summed E-state index contributed by atoms with van der Waals surface area (Å²) < 4.78 is 7.51. The van der Waals surface area contributed by atoms with Crippen molar-refractivity contribution in [2.24, 2.45) is 5.92 Å². The van der Waals surface area contributed by atoms with E-state index in [2.05, 4.69) is 10.6 Å². The van der Waals surface area contributed by atoms with E-state index < -0.39 is 4.33 Å². The van der Waals surface area contributed by atoms with Crippen molar-refractivity contribution in [2.45, 2.75) is 36.2 Å². The number of rotatable bonds is 3. The second-order valence-electron chi connectivity index (χ2n) is 5.73. The molecule has 2 aliphatic rings. The third kappa shape index (κ3) is 2.12. The van der Waals surface area contributed by atoms with Gasteiger partial charge in [0.15, 0.2) is 0 Å². The maximum atomic E-state index is 6.19. The van der Waals surface area contributed by atoms with Crippen molar-refractivity contribution in [3.8, 4) is 0 Å². The van der Waals surface area contributed by atoms with Gasteiger partial charge in [-0.05, 0) is 31.4 Å². The number of hydrogen-bond acceptors (Lipinski definition) is 2. The van der Waals surface area contributed by atoms with Gasteiger partial charge in [0, 0.05) is 19.1 Å². The molecule has 5 heteroatoms. The molecule has 0 bridgehead atoms. The van der Waals surface area contributed by atoms with Gasteiger partial charge in [0.25, 0.3) is 0 Å². The van der Waals surface area contributed by atoms with E-state index in [0.717, 1.165) is 49.3 Å². The van der Waals surface area contributed by atoms with E-state index in [1.165, 1.54) is 0 Å². The summed E-state index contributed by atoms with van der Waals surface area (Å²) in [6.07, 6.45) is 3.11. The van der Waals surface area contributed by atoms with Gasteiger partial charge >= 0.3 is 0 Å². The van der Waals surface area contributed by atoms with Gasteiger partial charge in [-0.1, -0.05) is 12.1 Å². The summed E-state index contributed by atoms with van der Waals surface area (Å²) in [5.74, 6) is 1.34. The highest BCUT2D eigenvalue weighted by Gasteiger charge is 2.52. The summed E-state index contributed by atoms with van der Waals surface area (Å²) >= 11 is 12.4. The minimum Gasteiger partial charge on any atom is -0.370 e. The molecule has 2 heterocycles.